The van der Waals surface area contributed by atoms with Crippen LogP contribution in [-0.4, -0.2) is 58.2 Å². The summed E-state index contributed by atoms with van der Waals surface area (Å²) in [6.45, 7) is 4.81. The Kier molecular flexibility index (Phi) is 5.46. The van der Waals surface area contributed by atoms with E-state index < -0.39 is 0 Å². The van der Waals surface area contributed by atoms with E-state index in [9.17, 15) is 0 Å². The molecule has 1 N–H and O–H groups in total. The summed E-state index contributed by atoms with van der Waals surface area (Å²) in [6.07, 6.45) is 7.60. The zero-order chi connectivity index (χ0) is 16.1. The van der Waals surface area contributed by atoms with Gasteiger partial charge in [0.1, 0.15) is 0 Å². The van der Waals surface area contributed by atoms with Gasteiger partial charge in [0, 0.05) is 43.6 Å². The van der Waals surface area contributed by atoms with Gasteiger partial charge in [0.25, 0.3) is 0 Å². The lowest BCUT2D eigenvalue weighted by Gasteiger charge is -2.45. The fraction of sp³-hybridized carbons (Fsp3) is 0.812. The van der Waals surface area contributed by atoms with Crippen molar-refractivity contribution in [3.8, 4) is 0 Å². The zero-order valence-electron chi connectivity index (χ0n) is 14.2. The van der Waals surface area contributed by atoms with Crippen LogP contribution in [0.5, 0.6) is 0 Å². The number of nitrogens with zero attached hydrogens (tertiary/aromatic N) is 4. The number of hydrogen-bond donors (Lipinski definition) is 1. The summed E-state index contributed by atoms with van der Waals surface area (Å²) < 4.78 is 5.61. The Morgan fingerprint density at radius 2 is 2.22 bits per heavy atom. The number of hydrogen-bond acceptors (Lipinski definition) is 5. The molecule has 0 bridgehead atoms. The third-order valence-electron chi connectivity index (χ3n) is 4.72. The monoisotopic (exact) mass is 337 g/mol. The minimum atomic E-state index is 0.456. The number of nitrogens with one attached hydrogen (secondary N) is 1. The van der Waals surface area contributed by atoms with Crippen molar-refractivity contribution in [2.75, 3.05) is 32.4 Å². The Labute approximate surface area is 142 Å². The molecular weight excluding hydrogens is 310 g/mol. The molecule has 1 saturated carbocycles. The van der Waals surface area contributed by atoms with Crippen molar-refractivity contribution >= 4 is 17.7 Å². The molecule has 2 aliphatic rings. The number of aryl methyl sites for hydroxylation is 1. The quantitative estimate of drug-likeness (QED) is 0.674. The molecule has 1 aromatic rings. The predicted molar refractivity (Wildman–Crippen MR) is 93.9 cm³/mol. The van der Waals surface area contributed by atoms with E-state index in [1.807, 2.05) is 14.0 Å². The molecule has 0 unspecified atom stereocenters. The van der Waals surface area contributed by atoms with Crippen LogP contribution >= 0.6 is 11.8 Å². The third kappa shape index (κ3) is 4.19. The van der Waals surface area contributed by atoms with Crippen molar-refractivity contribution in [2.45, 2.75) is 50.2 Å². The van der Waals surface area contributed by atoms with Crippen LogP contribution in [0.4, 0.5) is 0 Å². The SMILES string of the molecule is CN=C(NCCc1nc(C)no1)N1CCSC2(CCCCC2)C1. The summed E-state index contributed by atoms with van der Waals surface area (Å²) in [4.78, 5) is 11.2. The first-order valence-electron chi connectivity index (χ1n) is 8.59. The van der Waals surface area contributed by atoms with Crippen molar-refractivity contribution in [2.24, 2.45) is 4.99 Å². The maximum Gasteiger partial charge on any atom is 0.228 e. The molecule has 6 nitrogen and oxygen atoms in total. The zero-order valence-corrected chi connectivity index (χ0v) is 15.0. The van der Waals surface area contributed by atoms with Crippen LogP contribution in [0, 0.1) is 6.92 Å². The largest absolute Gasteiger partial charge is 0.356 e. The fourth-order valence-electron chi connectivity index (χ4n) is 3.58. The molecule has 23 heavy (non-hydrogen) atoms. The Hall–Kier alpha value is -1.24. The lowest BCUT2D eigenvalue weighted by atomic mass is 9.87. The van der Waals surface area contributed by atoms with E-state index in [0.717, 1.165) is 32.0 Å². The molecule has 1 aliphatic heterocycles. The summed E-state index contributed by atoms with van der Waals surface area (Å²) in [6, 6.07) is 0. The number of aromatic nitrogens is 2. The summed E-state index contributed by atoms with van der Waals surface area (Å²) >= 11 is 2.18. The lowest BCUT2D eigenvalue weighted by molar-refractivity contribution is 0.293. The van der Waals surface area contributed by atoms with Gasteiger partial charge >= 0.3 is 0 Å². The van der Waals surface area contributed by atoms with E-state index in [4.69, 9.17) is 4.52 Å². The van der Waals surface area contributed by atoms with Crippen molar-refractivity contribution in [3.05, 3.63) is 11.7 Å². The Balaban J connectivity index is 1.53. The molecule has 2 heterocycles. The standard InChI is InChI=1S/C16H27N5OS/c1-13-19-14(22-20-13)6-9-18-15(17-2)21-10-11-23-16(12-21)7-4-3-5-8-16/h3-12H2,1-2H3,(H,17,18). The Bertz CT molecular complexity index is 533. The number of thioether (sulfide) groups is 1. The molecule has 7 heteroatoms. The molecular formula is C16H27N5OS. The highest BCUT2D eigenvalue weighted by atomic mass is 32.2. The van der Waals surface area contributed by atoms with Gasteiger partial charge in [-0.15, -0.1) is 0 Å². The third-order valence-corrected chi connectivity index (χ3v) is 6.25. The van der Waals surface area contributed by atoms with Crippen molar-refractivity contribution in [1.82, 2.24) is 20.4 Å². The molecule has 0 radical (unpaired) electrons. The van der Waals surface area contributed by atoms with Gasteiger partial charge in [-0.2, -0.15) is 16.7 Å². The van der Waals surface area contributed by atoms with Crippen molar-refractivity contribution < 1.29 is 4.52 Å². The molecule has 0 amide bonds. The Morgan fingerprint density at radius 1 is 1.39 bits per heavy atom. The van der Waals surface area contributed by atoms with Gasteiger partial charge < -0.3 is 14.7 Å². The summed E-state index contributed by atoms with van der Waals surface area (Å²) in [5.74, 6) is 3.58. The van der Waals surface area contributed by atoms with Gasteiger partial charge in [-0.05, 0) is 19.8 Å². The van der Waals surface area contributed by atoms with Crippen LogP contribution in [0.25, 0.3) is 0 Å². The maximum absolute atomic E-state index is 5.16. The van der Waals surface area contributed by atoms with Crippen LogP contribution in [-0.2, 0) is 6.42 Å². The molecule has 1 saturated heterocycles. The summed E-state index contributed by atoms with van der Waals surface area (Å²) in [5, 5.41) is 7.28. The maximum atomic E-state index is 5.16. The molecule has 1 aromatic heterocycles. The van der Waals surface area contributed by atoms with E-state index in [1.165, 1.54) is 37.9 Å². The molecule has 1 aliphatic carbocycles. The first-order valence-corrected chi connectivity index (χ1v) is 9.58. The molecule has 3 rings (SSSR count). The number of guanidine groups is 1. The number of aliphatic imine (C=N–C) groups is 1. The van der Waals surface area contributed by atoms with E-state index in [-0.39, 0.29) is 0 Å². The minimum absolute atomic E-state index is 0.456. The van der Waals surface area contributed by atoms with Gasteiger partial charge in [0.15, 0.2) is 11.8 Å². The van der Waals surface area contributed by atoms with Crippen LogP contribution in [0.1, 0.15) is 43.8 Å². The first-order chi connectivity index (χ1) is 11.2. The average molecular weight is 337 g/mol. The van der Waals surface area contributed by atoms with E-state index >= 15 is 0 Å². The molecule has 0 aromatic carbocycles. The fourth-order valence-corrected chi connectivity index (χ4v) is 5.15. The highest BCUT2D eigenvalue weighted by Gasteiger charge is 2.38. The summed E-state index contributed by atoms with van der Waals surface area (Å²) in [5.41, 5.74) is 0. The van der Waals surface area contributed by atoms with Crippen molar-refractivity contribution in [1.29, 1.82) is 0 Å². The molecule has 128 valence electrons. The van der Waals surface area contributed by atoms with Gasteiger partial charge in [-0.1, -0.05) is 24.4 Å². The van der Waals surface area contributed by atoms with Gasteiger partial charge in [0.2, 0.25) is 5.89 Å². The van der Waals surface area contributed by atoms with Gasteiger partial charge in [0.05, 0.1) is 0 Å². The topological polar surface area (TPSA) is 66.5 Å². The van der Waals surface area contributed by atoms with E-state index in [1.54, 1.807) is 0 Å². The van der Waals surface area contributed by atoms with Crippen molar-refractivity contribution in [3.63, 3.8) is 0 Å². The van der Waals surface area contributed by atoms with E-state index in [0.29, 0.717) is 16.5 Å². The van der Waals surface area contributed by atoms with Crippen LogP contribution in [0.3, 0.4) is 0 Å². The van der Waals surface area contributed by atoms with Crippen LogP contribution < -0.4 is 5.32 Å². The predicted octanol–water partition coefficient (Wildman–Crippen LogP) is 2.25. The molecule has 2 fully saturated rings. The second-order valence-corrected chi connectivity index (χ2v) is 8.04. The first kappa shape index (κ1) is 16.6. The van der Waals surface area contributed by atoms with Crippen LogP contribution in [0.2, 0.25) is 0 Å². The highest BCUT2D eigenvalue weighted by Crippen LogP contribution is 2.42. The second-order valence-electron chi connectivity index (χ2n) is 6.47. The minimum Gasteiger partial charge on any atom is -0.356 e. The lowest BCUT2D eigenvalue weighted by Crippen LogP contribution is -2.53. The van der Waals surface area contributed by atoms with E-state index in [2.05, 4.69) is 37.1 Å². The summed E-state index contributed by atoms with van der Waals surface area (Å²) in [7, 11) is 1.87. The molecule has 1 spiro atoms. The van der Waals surface area contributed by atoms with Crippen LogP contribution in [0.15, 0.2) is 9.52 Å². The normalized spacial score (nSPS) is 21.7. The van der Waals surface area contributed by atoms with Gasteiger partial charge in [-0.25, -0.2) is 0 Å². The number of rotatable bonds is 3. The highest BCUT2D eigenvalue weighted by molar-refractivity contribution is 8.00. The second kappa shape index (κ2) is 7.55. The van der Waals surface area contributed by atoms with Gasteiger partial charge in [-0.3, -0.25) is 4.99 Å². The average Bonchev–Trinajstić information content (AvgIpc) is 2.98. The smallest absolute Gasteiger partial charge is 0.228 e. The molecule has 0 atom stereocenters. The Morgan fingerprint density at radius 3 is 2.91 bits per heavy atom.